The number of alkyl halides is 2. The zero-order valence-corrected chi connectivity index (χ0v) is 26.1. The predicted octanol–water partition coefficient (Wildman–Crippen LogP) is 5.00. The summed E-state index contributed by atoms with van der Waals surface area (Å²) in [5.74, 6) is -1.39. The van der Waals surface area contributed by atoms with Gasteiger partial charge in [0.05, 0.1) is 18.3 Å². The zero-order valence-electron chi connectivity index (χ0n) is 25.2. The number of nitrogens with two attached hydrogens (primary N) is 1. The Balaban J connectivity index is 1.17. The van der Waals surface area contributed by atoms with Gasteiger partial charge >= 0.3 is 0 Å². The van der Waals surface area contributed by atoms with E-state index in [0.29, 0.717) is 11.3 Å². The van der Waals surface area contributed by atoms with Crippen LogP contribution in [-0.2, 0) is 20.0 Å². The number of allylic oxidation sites excluding steroid dienone is 2. The minimum Gasteiger partial charge on any atom is -0.399 e. The molecule has 10 heteroatoms. The number of Topliss-reactive ketones (excluding diaryl/α,β-unsaturated/α-hetero) is 1. The van der Waals surface area contributed by atoms with Crippen molar-refractivity contribution in [1.29, 1.82) is 0 Å². The molecule has 7 rings (SSSR count). The first-order valence-corrected chi connectivity index (χ1v) is 16.5. The van der Waals surface area contributed by atoms with Gasteiger partial charge in [0.2, 0.25) is 0 Å². The minimum absolute atomic E-state index is 0.138. The number of hydrogen-bond acceptors (Lipinski definition) is 8. The van der Waals surface area contributed by atoms with Gasteiger partial charge in [0.15, 0.2) is 23.3 Å². The Hall–Kier alpha value is -2.60. The zero-order chi connectivity index (χ0) is 31.9. The molecule has 1 saturated heterocycles. The van der Waals surface area contributed by atoms with E-state index in [1.54, 1.807) is 25.6 Å². The summed E-state index contributed by atoms with van der Waals surface area (Å²) >= 11 is 1.68. The summed E-state index contributed by atoms with van der Waals surface area (Å²) in [5, 5.41) is 32.0. The molecule has 7 nitrogen and oxygen atoms in total. The number of ketones is 1. The van der Waals surface area contributed by atoms with E-state index in [1.807, 2.05) is 48.5 Å². The first kappa shape index (κ1) is 31.0. The Morgan fingerprint density at radius 2 is 1.78 bits per heavy atom. The normalized spacial score (nSPS) is 43.2. The van der Waals surface area contributed by atoms with Gasteiger partial charge in [-0.2, -0.15) is 0 Å². The second kappa shape index (κ2) is 10.7. The molecule has 2 aromatic carbocycles. The SMILES string of the molecule is C[C@]12C=CC(O)C=C1[C@@H](F)C[C@H]1[C@@H]3C[C@H]4O[C@H](c5ccc(CSc6ccc(N)cc6)cc5)O[C@@]4(C(=O)CO)[C@@]3(C)C[C@H](O)[C@@]12F. The maximum absolute atomic E-state index is 17.6. The van der Waals surface area contributed by atoms with Crippen molar-refractivity contribution >= 4 is 23.2 Å². The number of rotatable bonds is 6. The highest BCUT2D eigenvalue weighted by atomic mass is 32.2. The smallest absolute Gasteiger partial charge is 0.193 e. The number of halogens is 2. The molecule has 0 radical (unpaired) electrons. The van der Waals surface area contributed by atoms with E-state index in [2.05, 4.69) is 0 Å². The van der Waals surface area contributed by atoms with Crippen molar-refractivity contribution in [1.82, 2.24) is 0 Å². The number of aliphatic hydroxyl groups is 3. The number of carbonyl (C=O) groups is 1. The number of benzene rings is 2. The van der Waals surface area contributed by atoms with Crippen LogP contribution in [0.4, 0.5) is 14.5 Å². The lowest BCUT2D eigenvalue weighted by molar-refractivity contribution is -0.235. The summed E-state index contributed by atoms with van der Waals surface area (Å²) in [4.78, 5) is 14.8. The molecule has 4 fully saturated rings. The van der Waals surface area contributed by atoms with Gasteiger partial charge in [-0.25, -0.2) is 8.78 Å². The van der Waals surface area contributed by atoms with Crippen LogP contribution in [0.15, 0.2) is 77.2 Å². The van der Waals surface area contributed by atoms with Gasteiger partial charge in [-0.05, 0) is 73.6 Å². The van der Waals surface area contributed by atoms with Crippen LogP contribution in [0.25, 0.3) is 0 Å². The fraction of sp³-hybridized carbons (Fsp3) is 0.514. The van der Waals surface area contributed by atoms with Crippen LogP contribution in [0.3, 0.4) is 0 Å². The van der Waals surface area contributed by atoms with Gasteiger partial charge in [-0.1, -0.05) is 43.3 Å². The molecule has 5 N–H and O–H groups in total. The van der Waals surface area contributed by atoms with E-state index in [4.69, 9.17) is 15.2 Å². The third kappa shape index (κ3) is 4.29. The molecule has 0 spiro atoms. The molecular formula is C35H39F2NO6S. The van der Waals surface area contributed by atoms with Crippen molar-refractivity contribution in [2.45, 2.75) is 85.8 Å². The third-order valence-electron chi connectivity index (χ3n) is 11.6. The summed E-state index contributed by atoms with van der Waals surface area (Å²) in [7, 11) is 0. The Labute approximate surface area is 265 Å². The van der Waals surface area contributed by atoms with Crippen molar-refractivity contribution < 1.29 is 38.4 Å². The topological polar surface area (TPSA) is 122 Å². The van der Waals surface area contributed by atoms with Gasteiger partial charge in [0.25, 0.3) is 0 Å². The van der Waals surface area contributed by atoms with Gasteiger partial charge in [0.1, 0.15) is 12.8 Å². The van der Waals surface area contributed by atoms with Gasteiger partial charge in [-0.3, -0.25) is 4.79 Å². The van der Waals surface area contributed by atoms with Crippen LogP contribution in [-0.4, -0.2) is 63.5 Å². The van der Waals surface area contributed by atoms with Crippen molar-refractivity contribution in [3.8, 4) is 0 Å². The minimum atomic E-state index is -2.25. The molecule has 2 aromatic rings. The van der Waals surface area contributed by atoms with E-state index in [0.717, 1.165) is 16.2 Å². The first-order valence-electron chi connectivity index (χ1n) is 15.5. The highest BCUT2D eigenvalue weighted by molar-refractivity contribution is 7.98. The summed E-state index contributed by atoms with van der Waals surface area (Å²) in [6.07, 6.45) is -1.71. The van der Waals surface area contributed by atoms with Crippen LogP contribution in [0.2, 0.25) is 0 Å². The number of anilines is 1. The molecule has 3 saturated carbocycles. The highest BCUT2D eigenvalue weighted by Gasteiger charge is 2.80. The summed E-state index contributed by atoms with van der Waals surface area (Å²) < 4.78 is 46.4. The monoisotopic (exact) mass is 639 g/mol. The summed E-state index contributed by atoms with van der Waals surface area (Å²) in [5.41, 5.74) is 1.89. The van der Waals surface area contributed by atoms with E-state index >= 15 is 8.78 Å². The molecule has 240 valence electrons. The number of hydrogen-bond donors (Lipinski definition) is 4. The fourth-order valence-electron chi connectivity index (χ4n) is 9.33. The van der Waals surface area contributed by atoms with Crippen molar-refractivity contribution in [3.63, 3.8) is 0 Å². The van der Waals surface area contributed by atoms with Gasteiger partial charge in [0, 0.05) is 38.6 Å². The van der Waals surface area contributed by atoms with Gasteiger partial charge < -0.3 is 30.5 Å². The van der Waals surface area contributed by atoms with Crippen LogP contribution >= 0.6 is 11.8 Å². The molecule has 1 aliphatic heterocycles. The number of ether oxygens (including phenoxy) is 2. The summed E-state index contributed by atoms with van der Waals surface area (Å²) in [6, 6.07) is 15.4. The van der Waals surface area contributed by atoms with E-state index in [9.17, 15) is 20.1 Å². The number of aliphatic hydroxyl groups excluding tert-OH is 3. The lowest BCUT2D eigenvalue weighted by atomic mass is 9.44. The van der Waals surface area contributed by atoms with Crippen molar-refractivity contribution in [2.24, 2.45) is 22.7 Å². The Bertz CT molecular complexity index is 1550. The van der Waals surface area contributed by atoms with Crippen molar-refractivity contribution in [2.75, 3.05) is 12.3 Å². The molecule has 0 bridgehead atoms. The quantitative estimate of drug-likeness (QED) is 0.198. The fourth-order valence-corrected chi connectivity index (χ4v) is 10.2. The maximum Gasteiger partial charge on any atom is 0.193 e. The average Bonchev–Trinajstić information content (AvgIpc) is 3.52. The second-order valence-electron chi connectivity index (χ2n) is 13.7. The number of nitrogen functional groups attached to an aromatic ring is 1. The molecular weight excluding hydrogens is 600 g/mol. The Morgan fingerprint density at radius 1 is 1.07 bits per heavy atom. The maximum atomic E-state index is 17.6. The molecule has 4 aliphatic carbocycles. The lowest BCUT2D eigenvalue weighted by Gasteiger charge is -2.63. The van der Waals surface area contributed by atoms with Crippen LogP contribution in [0, 0.1) is 22.7 Å². The standard InChI is InChI=1S/C35H39F2NO6S/c1-32-12-11-22(40)13-26(32)27(36)14-25-24-15-30-35(29(42)17-39,33(24,2)16-28(41)34(25,32)37)44-31(43-30)20-5-3-19(4-6-20)18-45-23-9-7-21(38)8-10-23/h3-13,22,24-25,27-28,30-31,39-41H,14-18,38H2,1-2H3/t22?,24-,25-,27-,28-,30+,31-,32-,33-,34-,35+/m0/s1. The Kier molecular flexibility index (Phi) is 7.39. The molecule has 0 aromatic heterocycles. The molecule has 0 amide bonds. The van der Waals surface area contributed by atoms with Crippen LogP contribution in [0.5, 0.6) is 0 Å². The van der Waals surface area contributed by atoms with Gasteiger partial charge in [-0.15, -0.1) is 11.8 Å². The number of fused-ring (bicyclic) bond motifs is 7. The summed E-state index contributed by atoms with van der Waals surface area (Å²) in [6.45, 7) is 2.56. The lowest BCUT2D eigenvalue weighted by Crippen LogP contribution is -2.70. The van der Waals surface area contributed by atoms with E-state index < -0.39 is 77.1 Å². The van der Waals surface area contributed by atoms with E-state index in [1.165, 1.54) is 18.2 Å². The molecule has 5 aliphatic rings. The molecule has 1 heterocycles. The largest absolute Gasteiger partial charge is 0.399 e. The van der Waals surface area contributed by atoms with Crippen LogP contribution < -0.4 is 5.73 Å². The Morgan fingerprint density at radius 3 is 2.47 bits per heavy atom. The molecule has 1 unspecified atom stereocenters. The molecule has 45 heavy (non-hydrogen) atoms. The number of thioether (sulfide) groups is 1. The number of carbonyl (C=O) groups excluding carboxylic acids is 1. The molecule has 11 atom stereocenters. The van der Waals surface area contributed by atoms with Crippen LogP contribution in [0.1, 0.15) is 50.5 Å². The predicted molar refractivity (Wildman–Crippen MR) is 165 cm³/mol. The third-order valence-corrected chi connectivity index (χ3v) is 12.6. The highest BCUT2D eigenvalue weighted by Crippen LogP contribution is 2.72. The second-order valence-corrected chi connectivity index (χ2v) is 14.8. The van der Waals surface area contributed by atoms with E-state index in [-0.39, 0.29) is 24.8 Å². The van der Waals surface area contributed by atoms with Crippen molar-refractivity contribution in [3.05, 3.63) is 83.5 Å². The average molecular weight is 640 g/mol. The first-order chi connectivity index (χ1) is 21.4.